The van der Waals surface area contributed by atoms with E-state index < -0.39 is 23.7 Å². The van der Waals surface area contributed by atoms with Gasteiger partial charge in [-0.05, 0) is 42.5 Å². The Morgan fingerprint density at radius 1 is 1.14 bits per heavy atom. The molecule has 2 N–H and O–H groups in total. The summed E-state index contributed by atoms with van der Waals surface area (Å²) in [5, 5.41) is 6.26. The first-order valence-electron chi connectivity index (χ1n) is 9.24. The van der Waals surface area contributed by atoms with Gasteiger partial charge in [-0.25, -0.2) is 0 Å². The fraction of sp³-hybridized carbons (Fsp3) is 0.318. The highest BCUT2D eigenvalue weighted by atomic mass is 19.4. The summed E-state index contributed by atoms with van der Waals surface area (Å²) in [6, 6.07) is 12.6. The first-order valence-corrected chi connectivity index (χ1v) is 9.24. The van der Waals surface area contributed by atoms with Gasteiger partial charge < -0.3 is 10.6 Å². The number of carbonyl (C=O) groups excluding carboxylic acids is 1. The standard InChI is InChI=1S/C22H23F3N2O/c1-14-11-12-19(26-13-14)20(16-7-4-3-5-8-16)27-21(28)17-9-6-10-18(15(17)2)22(23,24)25/h3-10,12,14,20,26H,11,13H2,1-2H3,(H,27,28). The van der Waals surface area contributed by atoms with Crippen molar-refractivity contribution in [3.05, 3.63) is 82.6 Å². The molecule has 1 aliphatic rings. The van der Waals surface area contributed by atoms with E-state index in [1.807, 2.05) is 36.4 Å². The Hall–Kier alpha value is -2.76. The molecule has 3 nitrogen and oxygen atoms in total. The third kappa shape index (κ3) is 4.38. The Kier molecular flexibility index (Phi) is 5.77. The van der Waals surface area contributed by atoms with Crippen molar-refractivity contribution in [2.45, 2.75) is 32.5 Å². The number of carbonyl (C=O) groups is 1. The molecule has 2 atom stereocenters. The minimum Gasteiger partial charge on any atom is -0.386 e. The number of rotatable bonds is 4. The van der Waals surface area contributed by atoms with Gasteiger partial charge >= 0.3 is 6.18 Å². The molecule has 0 aliphatic carbocycles. The molecule has 2 unspecified atom stereocenters. The number of hydrogen-bond donors (Lipinski definition) is 2. The Balaban J connectivity index is 1.93. The van der Waals surface area contributed by atoms with Crippen LogP contribution in [-0.4, -0.2) is 12.5 Å². The van der Waals surface area contributed by atoms with Gasteiger partial charge in [0.25, 0.3) is 5.91 Å². The van der Waals surface area contributed by atoms with Gasteiger partial charge in [0.05, 0.1) is 11.6 Å². The van der Waals surface area contributed by atoms with Gasteiger partial charge in [0.15, 0.2) is 0 Å². The van der Waals surface area contributed by atoms with Crippen LogP contribution in [0.25, 0.3) is 0 Å². The Morgan fingerprint density at radius 2 is 1.86 bits per heavy atom. The second kappa shape index (κ2) is 8.09. The SMILES string of the molecule is Cc1c(C(=O)NC(C2=CCC(C)CN2)c2ccccc2)cccc1C(F)(F)F. The molecule has 2 aromatic rings. The van der Waals surface area contributed by atoms with Crippen LogP contribution >= 0.6 is 0 Å². The fourth-order valence-corrected chi connectivity index (χ4v) is 3.38. The summed E-state index contributed by atoms with van der Waals surface area (Å²) in [5.74, 6) is -0.0413. The molecule has 0 spiro atoms. The molecule has 1 amide bonds. The summed E-state index contributed by atoms with van der Waals surface area (Å²) in [4.78, 5) is 12.9. The lowest BCUT2D eigenvalue weighted by molar-refractivity contribution is -0.138. The topological polar surface area (TPSA) is 41.1 Å². The molecule has 0 saturated heterocycles. The zero-order chi connectivity index (χ0) is 20.3. The van der Waals surface area contributed by atoms with Crippen molar-refractivity contribution >= 4 is 5.91 Å². The van der Waals surface area contributed by atoms with Crippen molar-refractivity contribution in [1.82, 2.24) is 10.6 Å². The van der Waals surface area contributed by atoms with Crippen LogP contribution in [0.3, 0.4) is 0 Å². The first kappa shape index (κ1) is 20.0. The van der Waals surface area contributed by atoms with Crippen molar-refractivity contribution in [3.63, 3.8) is 0 Å². The minimum absolute atomic E-state index is 0.0283. The molecule has 3 rings (SSSR count). The van der Waals surface area contributed by atoms with Gasteiger partial charge in [-0.2, -0.15) is 13.2 Å². The van der Waals surface area contributed by atoms with Crippen LogP contribution in [0.2, 0.25) is 0 Å². The average molecular weight is 388 g/mol. The summed E-state index contributed by atoms with van der Waals surface area (Å²) in [5.41, 5.74) is 0.898. The molecule has 0 fully saturated rings. The van der Waals surface area contributed by atoms with E-state index in [0.717, 1.165) is 30.3 Å². The fourth-order valence-electron chi connectivity index (χ4n) is 3.38. The number of hydrogen-bond acceptors (Lipinski definition) is 2. The number of nitrogens with one attached hydrogen (secondary N) is 2. The summed E-state index contributed by atoms with van der Waals surface area (Å²) in [6.45, 7) is 4.24. The number of allylic oxidation sites excluding steroid dienone is 1. The number of amides is 1. The molecule has 1 heterocycles. The summed E-state index contributed by atoms with van der Waals surface area (Å²) in [7, 11) is 0. The van der Waals surface area contributed by atoms with Crippen LogP contribution in [0.15, 0.2) is 60.3 Å². The van der Waals surface area contributed by atoms with Gasteiger partial charge in [-0.3, -0.25) is 4.79 Å². The molecule has 1 aliphatic heterocycles. The maximum Gasteiger partial charge on any atom is 0.416 e. The molecule has 0 bridgehead atoms. The first-order chi connectivity index (χ1) is 13.3. The van der Waals surface area contributed by atoms with Gasteiger partial charge in [0, 0.05) is 17.8 Å². The molecule has 0 radical (unpaired) electrons. The van der Waals surface area contributed by atoms with Crippen molar-refractivity contribution in [2.75, 3.05) is 6.54 Å². The van der Waals surface area contributed by atoms with E-state index in [1.54, 1.807) is 0 Å². The third-order valence-corrected chi connectivity index (χ3v) is 5.00. The van der Waals surface area contributed by atoms with E-state index in [9.17, 15) is 18.0 Å². The quantitative estimate of drug-likeness (QED) is 0.774. The van der Waals surface area contributed by atoms with Gasteiger partial charge in [0.1, 0.15) is 0 Å². The lowest BCUT2D eigenvalue weighted by Gasteiger charge is -2.28. The van der Waals surface area contributed by atoms with E-state index in [-0.39, 0.29) is 11.1 Å². The minimum atomic E-state index is -4.50. The van der Waals surface area contributed by atoms with Crippen LogP contribution in [0.1, 0.15) is 46.4 Å². The predicted octanol–water partition coefficient (Wildman–Crippen LogP) is 5.00. The summed E-state index contributed by atoms with van der Waals surface area (Å²) < 4.78 is 39.6. The lowest BCUT2D eigenvalue weighted by atomic mass is 9.95. The van der Waals surface area contributed by atoms with E-state index in [2.05, 4.69) is 17.6 Å². The molecule has 2 aromatic carbocycles. The van der Waals surface area contributed by atoms with Gasteiger partial charge in [0.2, 0.25) is 0 Å². The lowest BCUT2D eigenvalue weighted by Crippen LogP contribution is -2.37. The van der Waals surface area contributed by atoms with Crippen LogP contribution < -0.4 is 10.6 Å². The second-order valence-electron chi connectivity index (χ2n) is 7.17. The van der Waals surface area contributed by atoms with Gasteiger partial charge in [-0.15, -0.1) is 0 Å². The molecular weight excluding hydrogens is 365 g/mol. The summed E-state index contributed by atoms with van der Waals surface area (Å²) >= 11 is 0. The van der Waals surface area contributed by atoms with E-state index in [1.165, 1.54) is 19.1 Å². The Morgan fingerprint density at radius 3 is 2.46 bits per heavy atom. The average Bonchev–Trinajstić information content (AvgIpc) is 2.66. The highest BCUT2D eigenvalue weighted by Gasteiger charge is 2.34. The predicted molar refractivity (Wildman–Crippen MR) is 103 cm³/mol. The van der Waals surface area contributed by atoms with E-state index in [4.69, 9.17) is 0 Å². The van der Waals surface area contributed by atoms with Crippen molar-refractivity contribution in [2.24, 2.45) is 5.92 Å². The van der Waals surface area contributed by atoms with Crippen LogP contribution in [0, 0.1) is 12.8 Å². The molecule has 148 valence electrons. The molecule has 6 heteroatoms. The van der Waals surface area contributed by atoms with Gasteiger partial charge in [-0.1, -0.05) is 49.4 Å². The number of benzene rings is 2. The highest BCUT2D eigenvalue weighted by Crippen LogP contribution is 2.33. The maximum absolute atomic E-state index is 13.2. The van der Waals surface area contributed by atoms with Crippen molar-refractivity contribution in [1.29, 1.82) is 0 Å². The maximum atomic E-state index is 13.2. The van der Waals surface area contributed by atoms with Crippen molar-refractivity contribution in [3.8, 4) is 0 Å². The van der Waals surface area contributed by atoms with E-state index in [0.29, 0.717) is 5.92 Å². The Labute approximate surface area is 162 Å². The Bertz CT molecular complexity index is 875. The van der Waals surface area contributed by atoms with Crippen molar-refractivity contribution < 1.29 is 18.0 Å². The number of alkyl halides is 3. The van der Waals surface area contributed by atoms with Crippen LogP contribution in [0.5, 0.6) is 0 Å². The highest BCUT2D eigenvalue weighted by molar-refractivity contribution is 5.96. The molecule has 0 aromatic heterocycles. The normalized spacial score (nSPS) is 18.0. The zero-order valence-electron chi connectivity index (χ0n) is 15.8. The second-order valence-corrected chi connectivity index (χ2v) is 7.17. The van der Waals surface area contributed by atoms with Crippen LogP contribution in [-0.2, 0) is 6.18 Å². The molecule has 28 heavy (non-hydrogen) atoms. The van der Waals surface area contributed by atoms with E-state index >= 15 is 0 Å². The molecular formula is C22H23F3N2O. The largest absolute Gasteiger partial charge is 0.416 e. The smallest absolute Gasteiger partial charge is 0.386 e. The zero-order valence-corrected chi connectivity index (χ0v) is 15.8. The third-order valence-electron chi connectivity index (χ3n) is 5.00. The molecule has 0 saturated carbocycles. The van der Waals surface area contributed by atoms with Crippen LogP contribution in [0.4, 0.5) is 13.2 Å². The summed E-state index contributed by atoms with van der Waals surface area (Å²) in [6.07, 6.45) is -1.57. The number of halogens is 3. The monoisotopic (exact) mass is 388 g/mol.